The Morgan fingerprint density at radius 3 is 2.70 bits per heavy atom. The van der Waals surface area contributed by atoms with Crippen LogP contribution in [0, 0.1) is 0 Å². The van der Waals surface area contributed by atoms with Crippen LogP contribution in [0.5, 0.6) is 0 Å². The maximum Gasteiger partial charge on any atom is 0.0500 e. The van der Waals surface area contributed by atoms with E-state index in [0.717, 1.165) is 17.9 Å². The summed E-state index contributed by atoms with van der Waals surface area (Å²) in [4.78, 5) is 4.19. The van der Waals surface area contributed by atoms with Crippen molar-refractivity contribution in [2.45, 2.75) is 19.1 Å². The SMILES string of the molecule is CCc1ccc(CS)nc1. The van der Waals surface area contributed by atoms with Gasteiger partial charge in [0.1, 0.15) is 0 Å². The zero-order valence-electron chi connectivity index (χ0n) is 6.04. The van der Waals surface area contributed by atoms with Gasteiger partial charge in [-0.3, -0.25) is 4.98 Å². The van der Waals surface area contributed by atoms with Gasteiger partial charge in [-0.25, -0.2) is 0 Å². The number of thiol groups is 1. The normalized spacial score (nSPS) is 9.80. The molecule has 2 heteroatoms. The molecule has 1 aromatic heterocycles. The Bertz CT molecular complexity index is 170. The summed E-state index contributed by atoms with van der Waals surface area (Å²) in [5.74, 6) is 0.726. The molecular weight excluding hydrogens is 142 g/mol. The van der Waals surface area contributed by atoms with Crippen molar-refractivity contribution in [3.8, 4) is 0 Å². The number of hydrogen-bond acceptors (Lipinski definition) is 2. The minimum Gasteiger partial charge on any atom is -0.260 e. The number of rotatable bonds is 2. The first kappa shape index (κ1) is 7.61. The number of nitrogens with zero attached hydrogens (tertiary/aromatic N) is 1. The Morgan fingerprint density at radius 1 is 1.50 bits per heavy atom. The molecule has 0 N–H and O–H groups in total. The molecule has 0 radical (unpaired) electrons. The predicted octanol–water partition coefficient (Wildman–Crippen LogP) is 2.07. The topological polar surface area (TPSA) is 12.9 Å². The van der Waals surface area contributed by atoms with E-state index in [9.17, 15) is 0 Å². The van der Waals surface area contributed by atoms with Gasteiger partial charge in [0.05, 0.1) is 0 Å². The van der Waals surface area contributed by atoms with Crippen LogP contribution in [-0.2, 0) is 12.2 Å². The van der Waals surface area contributed by atoms with E-state index in [0.29, 0.717) is 0 Å². The molecular formula is C8H11NS. The van der Waals surface area contributed by atoms with E-state index in [1.54, 1.807) is 0 Å². The van der Waals surface area contributed by atoms with Gasteiger partial charge in [0.15, 0.2) is 0 Å². The molecule has 0 aliphatic heterocycles. The fourth-order valence-electron chi connectivity index (χ4n) is 0.758. The molecule has 0 aromatic carbocycles. The van der Waals surface area contributed by atoms with Crippen LogP contribution in [0.25, 0.3) is 0 Å². The summed E-state index contributed by atoms with van der Waals surface area (Å²) >= 11 is 4.11. The van der Waals surface area contributed by atoms with Gasteiger partial charge in [0.2, 0.25) is 0 Å². The molecule has 54 valence electrons. The summed E-state index contributed by atoms with van der Waals surface area (Å²) < 4.78 is 0. The second kappa shape index (κ2) is 3.62. The molecule has 1 aromatic rings. The number of aromatic nitrogens is 1. The van der Waals surface area contributed by atoms with Gasteiger partial charge >= 0.3 is 0 Å². The Kier molecular flexibility index (Phi) is 2.75. The highest BCUT2D eigenvalue weighted by Gasteiger charge is 1.90. The first-order chi connectivity index (χ1) is 4.86. The molecule has 0 saturated carbocycles. The Morgan fingerprint density at radius 2 is 2.30 bits per heavy atom. The van der Waals surface area contributed by atoms with Crippen molar-refractivity contribution in [3.05, 3.63) is 29.6 Å². The molecule has 10 heavy (non-hydrogen) atoms. The number of hydrogen-bond donors (Lipinski definition) is 1. The standard InChI is InChI=1S/C8H11NS/c1-2-7-3-4-8(6-10)9-5-7/h3-5,10H,2,6H2,1H3. The van der Waals surface area contributed by atoms with E-state index < -0.39 is 0 Å². The van der Waals surface area contributed by atoms with Gasteiger partial charge in [-0.05, 0) is 18.1 Å². The first-order valence-corrected chi connectivity index (χ1v) is 4.04. The molecule has 0 aliphatic rings. The zero-order chi connectivity index (χ0) is 7.40. The van der Waals surface area contributed by atoms with Crippen molar-refractivity contribution >= 4 is 12.6 Å². The molecule has 1 rings (SSSR count). The van der Waals surface area contributed by atoms with Crippen molar-refractivity contribution in [2.24, 2.45) is 0 Å². The smallest absolute Gasteiger partial charge is 0.0500 e. The molecule has 1 heterocycles. The van der Waals surface area contributed by atoms with Crippen LogP contribution < -0.4 is 0 Å². The van der Waals surface area contributed by atoms with Crippen LogP contribution in [0.1, 0.15) is 18.2 Å². The fraction of sp³-hybridized carbons (Fsp3) is 0.375. The lowest BCUT2D eigenvalue weighted by atomic mass is 10.2. The Hall–Kier alpha value is -0.500. The summed E-state index contributed by atoms with van der Waals surface area (Å²) in [6, 6.07) is 4.12. The summed E-state index contributed by atoms with van der Waals surface area (Å²) in [5, 5.41) is 0. The van der Waals surface area contributed by atoms with Crippen molar-refractivity contribution in [2.75, 3.05) is 0 Å². The highest BCUT2D eigenvalue weighted by Crippen LogP contribution is 2.02. The lowest BCUT2D eigenvalue weighted by Crippen LogP contribution is -1.86. The number of pyridine rings is 1. The van der Waals surface area contributed by atoms with E-state index in [2.05, 4.69) is 30.6 Å². The third-order valence-electron chi connectivity index (χ3n) is 1.46. The van der Waals surface area contributed by atoms with E-state index in [1.165, 1.54) is 5.56 Å². The molecule has 0 unspecified atom stereocenters. The lowest BCUT2D eigenvalue weighted by Gasteiger charge is -1.96. The van der Waals surface area contributed by atoms with E-state index in [-0.39, 0.29) is 0 Å². The molecule has 0 bridgehead atoms. The minimum absolute atomic E-state index is 0.726. The Labute approximate surface area is 66.9 Å². The fourth-order valence-corrected chi connectivity index (χ4v) is 0.945. The highest BCUT2D eigenvalue weighted by atomic mass is 32.1. The molecule has 0 fully saturated rings. The van der Waals surface area contributed by atoms with Gasteiger partial charge in [-0.2, -0.15) is 12.6 Å². The maximum absolute atomic E-state index is 4.19. The third-order valence-corrected chi connectivity index (χ3v) is 1.78. The van der Waals surface area contributed by atoms with Gasteiger partial charge in [0.25, 0.3) is 0 Å². The highest BCUT2D eigenvalue weighted by molar-refractivity contribution is 7.79. The predicted molar refractivity (Wildman–Crippen MR) is 46.3 cm³/mol. The molecule has 0 aliphatic carbocycles. The first-order valence-electron chi connectivity index (χ1n) is 3.41. The summed E-state index contributed by atoms with van der Waals surface area (Å²) in [7, 11) is 0. The van der Waals surface area contributed by atoms with Crippen LogP contribution in [0.4, 0.5) is 0 Å². The summed E-state index contributed by atoms with van der Waals surface area (Å²) in [6.07, 6.45) is 2.96. The average molecular weight is 153 g/mol. The van der Waals surface area contributed by atoms with E-state index in [1.807, 2.05) is 12.3 Å². The van der Waals surface area contributed by atoms with Crippen LogP contribution >= 0.6 is 12.6 Å². The van der Waals surface area contributed by atoms with E-state index >= 15 is 0 Å². The lowest BCUT2D eigenvalue weighted by molar-refractivity contribution is 1.07. The largest absolute Gasteiger partial charge is 0.260 e. The second-order valence-corrected chi connectivity index (χ2v) is 2.49. The third kappa shape index (κ3) is 1.74. The van der Waals surface area contributed by atoms with Crippen molar-refractivity contribution in [1.29, 1.82) is 0 Å². The zero-order valence-corrected chi connectivity index (χ0v) is 6.94. The van der Waals surface area contributed by atoms with Gasteiger partial charge in [-0.15, -0.1) is 0 Å². The molecule has 1 nitrogen and oxygen atoms in total. The van der Waals surface area contributed by atoms with Gasteiger partial charge in [-0.1, -0.05) is 13.0 Å². The van der Waals surface area contributed by atoms with Crippen LogP contribution in [0.3, 0.4) is 0 Å². The van der Waals surface area contributed by atoms with Crippen LogP contribution in [0.2, 0.25) is 0 Å². The average Bonchev–Trinajstić information content (AvgIpc) is 2.05. The van der Waals surface area contributed by atoms with Gasteiger partial charge < -0.3 is 0 Å². The van der Waals surface area contributed by atoms with Crippen molar-refractivity contribution in [1.82, 2.24) is 4.98 Å². The van der Waals surface area contributed by atoms with Crippen molar-refractivity contribution in [3.63, 3.8) is 0 Å². The molecule has 0 saturated heterocycles. The summed E-state index contributed by atoms with van der Waals surface area (Å²) in [6.45, 7) is 2.12. The maximum atomic E-state index is 4.19. The summed E-state index contributed by atoms with van der Waals surface area (Å²) in [5.41, 5.74) is 2.33. The quantitative estimate of drug-likeness (QED) is 0.642. The second-order valence-electron chi connectivity index (χ2n) is 2.17. The van der Waals surface area contributed by atoms with Crippen molar-refractivity contribution < 1.29 is 0 Å². The van der Waals surface area contributed by atoms with Crippen LogP contribution in [0.15, 0.2) is 18.3 Å². The van der Waals surface area contributed by atoms with Gasteiger partial charge in [0, 0.05) is 17.6 Å². The Balaban J connectivity index is 2.80. The molecule has 0 amide bonds. The minimum atomic E-state index is 0.726. The van der Waals surface area contributed by atoms with Crippen LogP contribution in [-0.4, -0.2) is 4.98 Å². The number of aryl methyl sites for hydroxylation is 1. The monoisotopic (exact) mass is 153 g/mol. The molecule has 0 spiro atoms. The molecule has 0 atom stereocenters. The van der Waals surface area contributed by atoms with E-state index in [4.69, 9.17) is 0 Å².